The van der Waals surface area contributed by atoms with Crippen LogP contribution in [-0.4, -0.2) is 14.8 Å². The quantitative estimate of drug-likeness (QED) is 0.861. The molecule has 0 radical (unpaired) electrons. The van der Waals surface area contributed by atoms with Gasteiger partial charge in [-0.05, 0) is 30.8 Å². The van der Waals surface area contributed by atoms with E-state index in [4.69, 9.17) is 23.8 Å². The van der Waals surface area contributed by atoms with Crippen molar-refractivity contribution >= 4 is 23.8 Å². The van der Waals surface area contributed by atoms with Gasteiger partial charge < -0.3 is 4.57 Å². The highest BCUT2D eigenvalue weighted by Gasteiger charge is 2.13. The predicted molar refractivity (Wildman–Crippen MR) is 68.1 cm³/mol. The standard InChI is InChI=1S/C11H11ClFN3S/c1-2-6-16-10(14-15-11(16)17)7-4-3-5-8(13)9(7)12/h3-5H,2,6H2,1H3,(H,15,17). The maximum atomic E-state index is 13.4. The van der Waals surface area contributed by atoms with Crippen molar-refractivity contribution in [2.75, 3.05) is 0 Å². The van der Waals surface area contributed by atoms with E-state index in [0.29, 0.717) is 16.2 Å². The van der Waals surface area contributed by atoms with Crippen molar-refractivity contribution in [2.24, 2.45) is 0 Å². The molecule has 0 spiro atoms. The Hall–Kier alpha value is -1.20. The van der Waals surface area contributed by atoms with Gasteiger partial charge in [-0.15, -0.1) is 0 Å². The van der Waals surface area contributed by atoms with E-state index in [1.165, 1.54) is 6.07 Å². The molecule has 90 valence electrons. The third kappa shape index (κ3) is 2.25. The molecule has 0 aliphatic rings. The summed E-state index contributed by atoms with van der Waals surface area (Å²) in [5.41, 5.74) is 0.549. The average Bonchev–Trinajstić information content (AvgIpc) is 2.66. The second-order valence-electron chi connectivity index (χ2n) is 3.61. The Morgan fingerprint density at radius 2 is 2.29 bits per heavy atom. The molecule has 1 N–H and O–H groups in total. The van der Waals surface area contributed by atoms with Gasteiger partial charge in [-0.3, -0.25) is 5.10 Å². The average molecular weight is 272 g/mol. The minimum atomic E-state index is -0.457. The second-order valence-corrected chi connectivity index (χ2v) is 4.37. The van der Waals surface area contributed by atoms with Gasteiger partial charge in [-0.1, -0.05) is 24.6 Å². The van der Waals surface area contributed by atoms with Crippen LogP contribution in [0.5, 0.6) is 0 Å². The molecule has 2 rings (SSSR count). The number of aromatic amines is 1. The van der Waals surface area contributed by atoms with Gasteiger partial charge in [0.15, 0.2) is 10.6 Å². The number of benzene rings is 1. The van der Waals surface area contributed by atoms with Crippen LogP contribution < -0.4 is 0 Å². The molecule has 0 bridgehead atoms. The topological polar surface area (TPSA) is 33.6 Å². The molecule has 1 aromatic carbocycles. The summed E-state index contributed by atoms with van der Waals surface area (Å²) in [7, 11) is 0. The monoisotopic (exact) mass is 271 g/mol. The van der Waals surface area contributed by atoms with Crippen LogP contribution in [0.2, 0.25) is 5.02 Å². The molecule has 0 saturated carbocycles. The van der Waals surface area contributed by atoms with Crippen LogP contribution in [-0.2, 0) is 6.54 Å². The van der Waals surface area contributed by atoms with Gasteiger partial charge in [-0.2, -0.15) is 5.10 Å². The number of nitrogens with one attached hydrogen (secondary N) is 1. The Bertz CT molecular complexity index is 591. The Labute approximate surface area is 108 Å². The van der Waals surface area contributed by atoms with Crippen LogP contribution in [0, 0.1) is 10.6 Å². The highest BCUT2D eigenvalue weighted by molar-refractivity contribution is 7.71. The molecule has 0 unspecified atom stereocenters. The summed E-state index contributed by atoms with van der Waals surface area (Å²) in [6.07, 6.45) is 0.910. The van der Waals surface area contributed by atoms with Crippen LogP contribution in [0.15, 0.2) is 18.2 Å². The summed E-state index contributed by atoms with van der Waals surface area (Å²) in [5.74, 6) is 0.113. The summed E-state index contributed by atoms with van der Waals surface area (Å²) in [6, 6.07) is 4.64. The fourth-order valence-corrected chi connectivity index (χ4v) is 2.06. The summed E-state index contributed by atoms with van der Waals surface area (Å²) in [5, 5.41) is 6.87. The maximum Gasteiger partial charge on any atom is 0.195 e. The van der Waals surface area contributed by atoms with Gasteiger partial charge >= 0.3 is 0 Å². The zero-order valence-electron chi connectivity index (χ0n) is 9.20. The first-order chi connectivity index (χ1) is 8.15. The third-order valence-corrected chi connectivity index (χ3v) is 3.09. The normalized spacial score (nSPS) is 10.8. The predicted octanol–water partition coefficient (Wildman–Crippen LogP) is 3.81. The Morgan fingerprint density at radius 1 is 1.53 bits per heavy atom. The molecule has 0 aliphatic carbocycles. The van der Waals surface area contributed by atoms with Crippen molar-refractivity contribution in [3.63, 3.8) is 0 Å². The van der Waals surface area contributed by atoms with E-state index in [2.05, 4.69) is 10.2 Å². The lowest BCUT2D eigenvalue weighted by molar-refractivity contribution is 0.627. The number of hydrogen-bond donors (Lipinski definition) is 1. The van der Waals surface area contributed by atoms with Crippen molar-refractivity contribution in [1.82, 2.24) is 14.8 Å². The van der Waals surface area contributed by atoms with Crippen LogP contribution in [0.4, 0.5) is 4.39 Å². The number of hydrogen-bond acceptors (Lipinski definition) is 2. The highest BCUT2D eigenvalue weighted by Crippen LogP contribution is 2.28. The lowest BCUT2D eigenvalue weighted by Gasteiger charge is -2.07. The molecule has 6 heteroatoms. The van der Waals surface area contributed by atoms with Gasteiger partial charge in [0.2, 0.25) is 0 Å². The number of H-pyrrole nitrogens is 1. The Morgan fingerprint density at radius 3 is 3.00 bits per heavy atom. The van der Waals surface area contributed by atoms with E-state index < -0.39 is 5.82 Å². The van der Waals surface area contributed by atoms with Gasteiger partial charge in [0, 0.05) is 12.1 Å². The molecule has 3 nitrogen and oxygen atoms in total. The van der Waals surface area contributed by atoms with Crippen molar-refractivity contribution in [3.05, 3.63) is 33.8 Å². The Kier molecular flexibility index (Phi) is 3.59. The second kappa shape index (κ2) is 4.98. The SMILES string of the molecule is CCCn1c(-c2cccc(F)c2Cl)n[nH]c1=S. The minimum absolute atomic E-state index is 0.0684. The first-order valence-electron chi connectivity index (χ1n) is 5.24. The smallest absolute Gasteiger partial charge is 0.195 e. The summed E-state index contributed by atoms with van der Waals surface area (Å²) < 4.78 is 15.7. The zero-order valence-corrected chi connectivity index (χ0v) is 10.8. The van der Waals surface area contributed by atoms with Gasteiger partial charge in [0.25, 0.3) is 0 Å². The van der Waals surface area contributed by atoms with Crippen LogP contribution >= 0.6 is 23.8 Å². The van der Waals surface area contributed by atoms with Gasteiger partial charge in [-0.25, -0.2) is 4.39 Å². The van der Waals surface area contributed by atoms with E-state index in [9.17, 15) is 4.39 Å². The van der Waals surface area contributed by atoms with Crippen LogP contribution in [0.25, 0.3) is 11.4 Å². The summed E-state index contributed by atoms with van der Waals surface area (Å²) in [6.45, 7) is 2.75. The van der Waals surface area contributed by atoms with Crippen molar-refractivity contribution in [3.8, 4) is 11.4 Å². The van der Waals surface area contributed by atoms with Gasteiger partial charge in [0.05, 0.1) is 5.02 Å². The van der Waals surface area contributed by atoms with E-state index in [-0.39, 0.29) is 5.02 Å². The fraction of sp³-hybridized carbons (Fsp3) is 0.273. The Balaban J connectivity index is 2.60. The van der Waals surface area contributed by atoms with Crippen LogP contribution in [0.3, 0.4) is 0 Å². The maximum absolute atomic E-state index is 13.4. The van der Waals surface area contributed by atoms with Crippen LogP contribution in [0.1, 0.15) is 13.3 Å². The first-order valence-corrected chi connectivity index (χ1v) is 6.03. The molecule has 0 fully saturated rings. The molecular weight excluding hydrogens is 261 g/mol. The molecule has 1 aromatic heterocycles. The lowest BCUT2D eigenvalue weighted by atomic mass is 10.2. The molecule has 17 heavy (non-hydrogen) atoms. The van der Waals surface area contributed by atoms with E-state index >= 15 is 0 Å². The molecule has 0 aliphatic heterocycles. The van der Waals surface area contributed by atoms with E-state index in [1.54, 1.807) is 12.1 Å². The molecule has 2 aromatic rings. The summed E-state index contributed by atoms with van der Waals surface area (Å²) >= 11 is 11.1. The van der Waals surface area contributed by atoms with Crippen molar-refractivity contribution in [2.45, 2.75) is 19.9 Å². The molecule has 0 saturated heterocycles. The number of rotatable bonds is 3. The fourth-order valence-electron chi connectivity index (χ4n) is 1.63. The lowest BCUT2D eigenvalue weighted by Crippen LogP contribution is -2.00. The first kappa shape index (κ1) is 12.3. The number of halogens is 2. The molecule has 0 atom stereocenters. The van der Waals surface area contributed by atoms with E-state index in [0.717, 1.165) is 13.0 Å². The third-order valence-electron chi connectivity index (χ3n) is 2.40. The van der Waals surface area contributed by atoms with E-state index in [1.807, 2.05) is 11.5 Å². The van der Waals surface area contributed by atoms with Crippen molar-refractivity contribution < 1.29 is 4.39 Å². The number of nitrogens with zero attached hydrogens (tertiary/aromatic N) is 2. The summed E-state index contributed by atoms with van der Waals surface area (Å²) in [4.78, 5) is 0. The van der Waals surface area contributed by atoms with Crippen molar-refractivity contribution in [1.29, 1.82) is 0 Å². The molecular formula is C11H11ClFN3S. The number of aromatic nitrogens is 3. The largest absolute Gasteiger partial charge is 0.300 e. The zero-order chi connectivity index (χ0) is 12.4. The minimum Gasteiger partial charge on any atom is -0.300 e. The van der Waals surface area contributed by atoms with Gasteiger partial charge in [0.1, 0.15) is 5.82 Å². The highest BCUT2D eigenvalue weighted by atomic mass is 35.5. The molecule has 1 heterocycles. The molecule has 0 amide bonds.